The monoisotopic (exact) mass is 402 g/mol. The number of anilines is 1. The second-order valence-electron chi connectivity index (χ2n) is 6.93. The first-order chi connectivity index (χ1) is 14.2. The van der Waals surface area contributed by atoms with Crippen molar-refractivity contribution in [1.82, 2.24) is 5.32 Å². The molecule has 0 saturated carbocycles. The summed E-state index contributed by atoms with van der Waals surface area (Å²) in [5.74, 6) is 0.363. The first-order valence-corrected chi connectivity index (χ1v) is 10.6. The van der Waals surface area contributed by atoms with Crippen LogP contribution in [-0.2, 0) is 17.8 Å². The van der Waals surface area contributed by atoms with Gasteiger partial charge in [-0.2, -0.15) is 0 Å². The largest absolute Gasteiger partial charge is 0.352 e. The van der Waals surface area contributed by atoms with Gasteiger partial charge in [-0.05, 0) is 35.7 Å². The topological polar surface area (TPSA) is 49.4 Å². The molecule has 0 aromatic heterocycles. The molecule has 1 N–H and O–H groups in total. The molecule has 0 unspecified atom stereocenters. The van der Waals surface area contributed by atoms with Crippen molar-refractivity contribution in [2.45, 2.75) is 17.9 Å². The lowest BCUT2D eigenvalue weighted by Crippen LogP contribution is -2.35. The summed E-state index contributed by atoms with van der Waals surface area (Å²) in [6.45, 7) is 1.08. The van der Waals surface area contributed by atoms with Crippen molar-refractivity contribution in [3.63, 3.8) is 0 Å². The quantitative estimate of drug-likeness (QED) is 0.669. The lowest BCUT2D eigenvalue weighted by molar-refractivity contribution is -0.116. The fourth-order valence-electron chi connectivity index (χ4n) is 3.35. The van der Waals surface area contributed by atoms with Crippen LogP contribution in [0.1, 0.15) is 21.5 Å². The standard InChI is InChI=1S/C24H22N2O2S/c27-23-17-29-22-12-11-20(24(28)25-14-13-18-7-3-1-4-8-18)15-21(22)26(23)16-19-9-5-2-6-10-19/h1-12,15H,13-14,16-17H2,(H,25,28). The van der Waals surface area contributed by atoms with E-state index in [9.17, 15) is 9.59 Å². The van der Waals surface area contributed by atoms with Gasteiger partial charge in [0.1, 0.15) is 0 Å². The minimum absolute atomic E-state index is 0.0630. The average Bonchev–Trinajstić information content (AvgIpc) is 2.77. The Labute approximate surface area is 174 Å². The third-order valence-electron chi connectivity index (χ3n) is 4.89. The van der Waals surface area contributed by atoms with Crippen molar-refractivity contribution in [1.29, 1.82) is 0 Å². The Morgan fingerprint density at radius 2 is 1.62 bits per heavy atom. The normalized spacial score (nSPS) is 13.1. The first-order valence-electron chi connectivity index (χ1n) is 9.64. The minimum atomic E-state index is -0.119. The van der Waals surface area contributed by atoms with Gasteiger partial charge < -0.3 is 10.2 Å². The van der Waals surface area contributed by atoms with E-state index in [1.165, 1.54) is 17.3 Å². The van der Waals surface area contributed by atoms with E-state index in [4.69, 9.17) is 0 Å². The van der Waals surface area contributed by atoms with Crippen molar-refractivity contribution in [3.8, 4) is 0 Å². The van der Waals surface area contributed by atoms with Crippen molar-refractivity contribution in [2.75, 3.05) is 17.2 Å². The van der Waals surface area contributed by atoms with Gasteiger partial charge in [0.25, 0.3) is 5.91 Å². The molecule has 5 heteroatoms. The highest BCUT2D eigenvalue weighted by Crippen LogP contribution is 2.36. The van der Waals surface area contributed by atoms with Gasteiger partial charge in [0.2, 0.25) is 5.91 Å². The average molecular weight is 403 g/mol. The number of nitrogens with zero attached hydrogens (tertiary/aromatic N) is 1. The zero-order chi connectivity index (χ0) is 20.1. The smallest absolute Gasteiger partial charge is 0.251 e. The van der Waals surface area contributed by atoms with Gasteiger partial charge >= 0.3 is 0 Å². The molecule has 4 nitrogen and oxygen atoms in total. The molecule has 3 aromatic rings. The second kappa shape index (κ2) is 8.97. The minimum Gasteiger partial charge on any atom is -0.352 e. The molecule has 2 amide bonds. The Morgan fingerprint density at radius 1 is 0.931 bits per heavy atom. The molecule has 1 aliphatic rings. The van der Waals surface area contributed by atoms with Crippen LogP contribution in [0, 0.1) is 0 Å². The highest BCUT2D eigenvalue weighted by atomic mass is 32.2. The van der Waals surface area contributed by atoms with E-state index >= 15 is 0 Å². The summed E-state index contributed by atoms with van der Waals surface area (Å²) in [6.07, 6.45) is 0.784. The number of nitrogens with one attached hydrogen (secondary N) is 1. The first kappa shape index (κ1) is 19.3. The molecule has 1 heterocycles. The van der Waals surface area contributed by atoms with E-state index in [2.05, 4.69) is 17.4 Å². The highest BCUT2D eigenvalue weighted by Gasteiger charge is 2.25. The fourth-order valence-corrected chi connectivity index (χ4v) is 4.27. The molecule has 0 aliphatic carbocycles. The molecule has 0 saturated heterocycles. The van der Waals surface area contributed by atoms with Crippen LogP contribution in [0.3, 0.4) is 0 Å². The summed E-state index contributed by atoms with van der Waals surface area (Å²) in [4.78, 5) is 28.0. The SMILES string of the molecule is O=C(NCCc1ccccc1)c1ccc2c(c1)N(Cc1ccccc1)C(=O)CS2. The molecular formula is C24H22N2O2S. The number of amides is 2. The highest BCUT2D eigenvalue weighted by molar-refractivity contribution is 8.00. The van der Waals surface area contributed by atoms with Gasteiger partial charge in [-0.3, -0.25) is 9.59 Å². The van der Waals surface area contributed by atoms with Crippen LogP contribution < -0.4 is 10.2 Å². The Balaban J connectivity index is 1.48. The number of carbonyl (C=O) groups is 2. The third kappa shape index (κ3) is 4.69. The van der Waals surface area contributed by atoms with E-state index in [0.29, 0.717) is 24.4 Å². The van der Waals surface area contributed by atoms with Crippen LogP contribution in [0.25, 0.3) is 0 Å². The number of thioether (sulfide) groups is 1. The van der Waals surface area contributed by atoms with Crippen LogP contribution in [-0.4, -0.2) is 24.1 Å². The lowest BCUT2D eigenvalue weighted by Gasteiger charge is -2.29. The fraction of sp³-hybridized carbons (Fsp3) is 0.167. The Bertz CT molecular complexity index is 1010. The summed E-state index contributed by atoms with van der Waals surface area (Å²) in [6, 6.07) is 25.6. The summed E-state index contributed by atoms with van der Waals surface area (Å²) in [7, 11) is 0. The predicted molar refractivity (Wildman–Crippen MR) is 117 cm³/mol. The molecule has 0 spiro atoms. The summed E-state index contributed by atoms with van der Waals surface area (Å²) < 4.78 is 0. The van der Waals surface area contributed by atoms with E-state index in [1.54, 1.807) is 4.90 Å². The van der Waals surface area contributed by atoms with Gasteiger partial charge in [0.15, 0.2) is 0 Å². The van der Waals surface area contributed by atoms with Gasteiger partial charge in [0.05, 0.1) is 18.0 Å². The number of fused-ring (bicyclic) bond motifs is 1. The van der Waals surface area contributed by atoms with Crippen LogP contribution in [0.2, 0.25) is 0 Å². The summed E-state index contributed by atoms with van der Waals surface area (Å²) in [5, 5.41) is 2.98. The Morgan fingerprint density at radius 3 is 2.34 bits per heavy atom. The number of carbonyl (C=O) groups excluding carboxylic acids is 2. The lowest BCUT2D eigenvalue weighted by atomic mass is 10.1. The molecule has 3 aromatic carbocycles. The van der Waals surface area contributed by atoms with Gasteiger partial charge in [-0.25, -0.2) is 0 Å². The second-order valence-corrected chi connectivity index (χ2v) is 7.95. The number of benzene rings is 3. The van der Waals surface area contributed by atoms with E-state index in [-0.39, 0.29) is 11.8 Å². The molecule has 29 heavy (non-hydrogen) atoms. The third-order valence-corrected chi connectivity index (χ3v) is 5.94. The molecule has 4 rings (SSSR count). The van der Waals surface area contributed by atoms with Gasteiger partial charge in [-0.1, -0.05) is 60.7 Å². The molecule has 0 fully saturated rings. The van der Waals surface area contributed by atoms with Crippen molar-refractivity contribution < 1.29 is 9.59 Å². The molecule has 0 bridgehead atoms. The molecule has 0 radical (unpaired) electrons. The van der Waals surface area contributed by atoms with Crippen molar-refractivity contribution >= 4 is 29.3 Å². The molecule has 0 atom stereocenters. The number of hydrogen-bond acceptors (Lipinski definition) is 3. The number of hydrogen-bond donors (Lipinski definition) is 1. The van der Waals surface area contributed by atoms with Crippen molar-refractivity contribution in [2.24, 2.45) is 0 Å². The van der Waals surface area contributed by atoms with Crippen molar-refractivity contribution in [3.05, 3.63) is 95.6 Å². The zero-order valence-electron chi connectivity index (χ0n) is 16.0. The molecular weight excluding hydrogens is 380 g/mol. The van der Waals surface area contributed by atoms with Gasteiger partial charge in [0, 0.05) is 17.0 Å². The van der Waals surface area contributed by atoms with Crippen LogP contribution in [0.5, 0.6) is 0 Å². The van der Waals surface area contributed by atoms with E-state index < -0.39 is 0 Å². The van der Waals surface area contributed by atoms with Crippen LogP contribution >= 0.6 is 11.8 Å². The zero-order valence-corrected chi connectivity index (χ0v) is 16.8. The maximum atomic E-state index is 12.6. The molecule has 1 aliphatic heterocycles. The van der Waals surface area contributed by atoms with E-state index in [1.807, 2.05) is 66.7 Å². The van der Waals surface area contributed by atoms with Crippen LogP contribution in [0.15, 0.2) is 83.8 Å². The maximum absolute atomic E-state index is 12.6. The Hall–Kier alpha value is -3.05. The van der Waals surface area contributed by atoms with Gasteiger partial charge in [-0.15, -0.1) is 11.8 Å². The number of rotatable bonds is 6. The summed E-state index contributed by atoms with van der Waals surface area (Å²) >= 11 is 1.52. The summed E-state index contributed by atoms with van der Waals surface area (Å²) in [5.41, 5.74) is 3.64. The van der Waals surface area contributed by atoms with Crippen LogP contribution in [0.4, 0.5) is 5.69 Å². The Kier molecular flexibility index (Phi) is 5.96. The predicted octanol–water partition coefficient (Wildman–Crippen LogP) is 4.30. The maximum Gasteiger partial charge on any atom is 0.251 e. The molecule has 146 valence electrons. The van der Waals surface area contributed by atoms with E-state index in [0.717, 1.165) is 22.6 Å².